The van der Waals surface area contributed by atoms with E-state index < -0.39 is 20.6 Å². The van der Waals surface area contributed by atoms with Gasteiger partial charge in [-0.3, -0.25) is 0 Å². The third kappa shape index (κ3) is 3.54. The molecule has 2 nitrogen and oxygen atoms in total. The maximum absolute atomic E-state index is 12.6. The first-order chi connectivity index (χ1) is 11.3. The van der Waals surface area contributed by atoms with Gasteiger partial charge in [0.2, 0.25) is 0 Å². The summed E-state index contributed by atoms with van der Waals surface area (Å²) in [5, 5.41) is 0. The highest BCUT2D eigenvalue weighted by Crippen LogP contribution is 2.46. The van der Waals surface area contributed by atoms with Crippen molar-refractivity contribution in [2.75, 3.05) is 0 Å². The van der Waals surface area contributed by atoms with Gasteiger partial charge in [-0.2, -0.15) is 4.55 Å². The largest absolute Gasteiger partial charge is 0.614 e. The third-order valence-corrected chi connectivity index (χ3v) is 7.32. The van der Waals surface area contributed by atoms with Gasteiger partial charge in [0.25, 0.3) is 0 Å². The number of rotatable bonds is 4. The van der Waals surface area contributed by atoms with Crippen molar-refractivity contribution < 1.29 is 21.9 Å². The van der Waals surface area contributed by atoms with Crippen molar-refractivity contribution in [1.82, 2.24) is 0 Å². The van der Waals surface area contributed by atoms with Crippen LogP contribution in [0.1, 0.15) is 50.5 Å². The van der Waals surface area contributed by atoms with E-state index in [4.69, 9.17) is 0 Å². The second kappa shape index (κ2) is 6.79. The van der Waals surface area contributed by atoms with Gasteiger partial charge in [-0.1, -0.05) is 48.4 Å². The summed E-state index contributed by atoms with van der Waals surface area (Å²) < 4.78 is 58.6. The molecule has 0 radical (unpaired) electrons. The molecular formula is C18H24F3O2S+. The Kier molecular flexibility index (Phi) is 5.07. The van der Waals surface area contributed by atoms with E-state index in [1.54, 1.807) is 12.1 Å². The molecule has 1 aromatic rings. The molecule has 3 unspecified atom stereocenters. The Labute approximate surface area is 142 Å². The lowest BCUT2D eigenvalue weighted by Gasteiger charge is -2.43. The predicted molar refractivity (Wildman–Crippen MR) is 87.9 cm³/mol. The minimum absolute atomic E-state index is 0.559. The van der Waals surface area contributed by atoms with E-state index in [2.05, 4.69) is 0 Å². The summed E-state index contributed by atoms with van der Waals surface area (Å²) in [6.45, 7) is 0. The molecule has 0 bridgehead atoms. The second-order valence-corrected chi connectivity index (χ2v) is 9.21. The molecule has 0 amide bonds. The van der Waals surface area contributed by atoms with Crippen LogP contribution in [0.5, 0.6) is 0 Å². The van der Waals surface area contributed by atoms with Gasteiger partial charge in [0, 0.05) is 0 Å². The van der Waals surface area contributed by atoms with Crippen molar-refractivity contribution in [3.63, 3.8) is 0 Å². The molecule has 2 saturated carbocycles. The lowest BCUT2D eigenvalue weighted by atomic mass is 9.62. The Morgan fingerprint density at radius 1 is 1.00 bits per heavy atom. The number of hydrogen-bond donors (Lipinski definition) is 1. The Morgan fingerprint density at radius 2 is 1.62 bits per heavy atom. The standard InChI is InChI=1S/C18H23F3O2S/c19-18(20,21)24(22,23)16-9-6-13(7-10-16)12-15-8-11-17(15)14-4-2-1-3-5-14/h6-7,9-10,14-15,17H,1-5,8,11-12H2/p+1. The van der Waals surface area contributed by atoms with E-state index in [1.165, 1.54) is 44.9 Å². The molecular weight excluding hydrogens is 337 g/mol. The Bertz CT molecular complexity index is 606. The molecule has 0 saturated heterocycles. The van der Waals surface area contributed by atoms with E-state index in [-0.39, 0.29) is 0 Å². The summed E-state index contributed by atoms with van der Waals surface area (Å²) in [4.78, 5) is -0.559. The average Bonchev–Trinajstić information content (AvgIpc) is 2.52. The van der Waals surface area contributed by atoms with Gasteiger partial charge in [0.05, 0.1) is 0 Å². The van der Waals surface area contributed by atoms with Crippen LogP contribution in [0.3, 0.4) is 0 Å². The van der Waals surface area contributed by atoms with Crippen molar-refractivity contribution in [2.24, 2.45) is 17.8 Å². The molecule has 0 spiro atoms. The zero-order valence-electron chi connectivity index (χ0n) is 13.6. The number of benzene rings is 1. The van der Waals surface area contributed by atoms with Gasteiger partial charge in [0.1, 0.15) is 0 Å². The molecule has 2 aliphatic rings. The van der Waals surface area contributed by atoms with E-state index in [1.807, 2.05) is 0 Å². The van der Waals surface area contributed by atoms with Crippen LogP contribution in [0.4, 0.5) is 13.2 Å². The highest BCUT2D eigenvalue weighted by Gasteiger charge is 2.60. The van der Waals surface area contributed by atoms with Gasteiger partial charge in [-0.15, -0.1) is 13.2 Å². The molecule has 6 heteroatoms. The van der Waals surface area contributed by atoms with Crippen LogP contribution >= 0.6 is 0 Å². The molecule has 3 atom stereocenters. The third-order valence-electron chi connectivity index (χ3n) is 5.79. The Hall–Kier alpha value is -0.880. The van der Waals surface area contributed by atoms with Crippen LogP contribution in [0.15, 0.2) is 29.2 Å². The van der Waals surface area contributed by atoms with Crippen molar-refractivity contribution in [3.05, 3.63) is 29.8 Å². The zero-order chi connectivity index (χ0) is 17.4. The van der Waals surface area contributed by atoms with Crippen molar-refractivity contribution in [1.29, 1.82) is 0 Å². The molecule has 1 aromatic carbocycles. The average molecular weight is 361 g/mol. The minimum atomic E-state index is -5.13. The topological polar surface area (TPSA) is 37.3 Å². The quantitative estimate of drug-likeness (QED) is 0.700. The fraction of sp³-hybridized carbons (Fsp3) is 0.667. The highest BCUT2D eigenvalue weighted by atomic mass is 32.3. The maximum atomic E-state index is 12.6. The summed E-state index contributed by atoms with van der Waals surface area (Å²) in [6.07, 6.45) is 9.94. The van der Waals surface area contributed by atoms with Crippen LogP contribution in [-0.2, 0) is 20.8 Å². The SMILES string of the molecule is O=[S+](O)(c1ccc(CC2CCC2C2CCCCC2)cc1)C(F)(F)F. The fourth-order valence-electron chi connectivity index (χ4n) is 4.28. The summed E-state index contributed by atoms with van der Waals surface area (Å²) >= 11 is 0. The molecule has 134 valence electrons. The summed E-state index contributed by atoms with van der Waals surface area (Å²) in [5.74, 6) is 2.18. The smallest absolute Gasteiger partial charge is 0.175 e. The van der Waals surface area contributed by atoms with Crippen LogP contribution in [0.2, 0.25) is 0 Å². The first-order valence-corrected chi connectivity index (χ1v) is 10.2. The molecule has 24 heavy (non-hydrogen) atoms. The second-order valence-electron chi connectivity index (χ2n) is 7.22. The van der Waals surface area contributed by atoms with Crippen molar-refractivity contribution in [2.45, 2.75) is 61.8 Å². The monoisotopic (exact) mass is 361 g/mol. The van der Waals surface area contributed by atoms with Crippen LogP contribution in [-0.4, -0.2) is 10.1 Å². The number of hydrogen-bond acceptors (Lipinski definition) is 1. The van der Waals surface area contributed by atoms with Crippen molar-refractivity contribution >= 4 is 10.2 Å². The van der Waals surface area contributed by atoms with Crippen LogP contribution < -0.4 is 0 Å². The van der Waals surface area contributed by atoms with Crippen molar-refractivity contribution in [3.8, 4) is 0 Å². The fourth-order valence-corrected chi connectivity index (χ4v) is 5.05. The van der Waals surface area contributed by atoms with E-state index in [0.717, 1.165) is 36.0 Å². The van der Waals surface area contributed by atoms with Gasteiger partial charge in [-0.05, 0) is 54.7 Å². The van der Waals surface area contributed by atoms with Crippen LogP contribution in [0, 0.1) is 17.8 Å². The maximum Gasteiger partial charge on any atom is 0.614 e. The summed E-state index contributed by atoms with van der Waals surface area (Å²) in [7, 11) is -4.99. The summed E-state index contributed by atoms with van der Waals surface area (Å²) in [6, 6.07) is 5.46. The Morgan fingerprint density at radius 3 is 2.12 bits per heavy atom. The lowest BCUT2D eigenvalue weighted by Crippen LogP contribution is -2.35. The molecule has 0 aromatic heterocycles. The molecule has 1 N–H and O–H groups in total. The van der Waals surface area contributed by atoms with E-state index in [0.29, 0.717) is 5.92 Å². The predicted octanol–water partition coefficient (Wildman–Crippen LogP) is 5.69. The normalized spacial score (nSPS) is 28.2. The number of alkyl halides is 3. The van der Waals surface area contributed by atoms with E-state index in [9.17, 15) is 21.9 Å². The molecule has 0 heterocycles. The lowest BCUT2D eigenvalue weighted by molar-refractivity contribution is -0.0498. The number of halogens is 3. The summed E-state index contributed by atoms with van der Waals surface area (Å²) in [5.41, 5.74) is -4.17. The van der Waals surface area contributed by atoms with Gasteiger partial charge < -0.3 is 0 Å². The van der Waals surface area contributed by atoms with Gasteiger partial charge in [0.15, 0.2) is 4.90 Å². The van der Waals surface area contributed by atoms with Gasteiger partial charge in [-0.25, -0.2) is 0 Å². The van der Waals surface area contributed by atoms with Gasteiger partial charge >= 0.3 is 15.7 Å². The van der Waals surface area contributed by atoms with Crippen LogP contribution in [0.25, 0.3) is 0 Å². The highest BCUT2D eigenvalue weighted by molar-refractivity contribution is 7.98. The molecule has 2 aliphatic carbocycles. The minimum Gasteiger partial charge on any atom is -0.175 e. The first-order valence-electron chi connectivity index (χ1n) is 8.71. The molecule has 0 aliphatic heterocycles. The zero-order valence-corrected chi connectivity index (χ0v) is 14.4. The Balaban J connectivity index is 1.63. The van der Waals surface area contributed by atoms with E-state index >= 15 is 0 Å². The molecule has 2 fully saturated rings. The first kappa shape index (κ1) is 17.9. The molecule has 3 rings (SSSR count).